The van der Waals surface area contributed by atoms with Crippen molar-refractivity contribution in [1.82, 2.24) is 5.32 Å². The van der Waals surface area contributed by atoms with Crippen LogP contribution in [0.1, 0.15) is 20.8 Å². The summed E-state index contributed by atoms with van der Waals surface area (Å²) in [5.74, 6) is -2.11. The first-order chi connectivity index (χ1) is 7.41. The van der Waals surface area contributed by atoms with Gasteiger partial charge in [0.15, 0.2) is 0 Å². The maximum atomic E-state index is 11.3. The molecule has 0 aliphatic heterocycles. The van der Waals surface area contributed by atoms with Crippen molar-refractivity contribution in [2.24, 2.45) is 0 Å². The molecule has 7 nitrogen and oxygen atoms in total. The zero-order chi connectivity index (χ0) is 13.9. The third kappa shape index (κ3) is 8.49. The fourth-order valence-corrected chi connectivity index (χ4v) is 1.76. The molecule has 0 bridgehead atoms. The number of carboxylic acids is 1. The number of carbonyl (C=O) groups excluding carboxylic acids is 1. The number of carbonyl (C=O) groups is 2. The SMILES string of the molecule is CC(C)(C)OC(=O)N[C@@H](CS(C)(=O)=O)C(=O)O. The molecule has 1 amide bonds. The van der Waals surface area contributed by atoms with Gasteiger partial charge in [-0.1, -0.05) is 0 Å². The Hall–Kier alpha value is -1.31. The molecule has 0 aromatic carbocycles. The number of amides is 1. The predicted molar refractivity (Wildman–Crippen MR) is 60.5 cm³/mol. The van der Waals surface area contributed by atoms with Gasteiger partial charge in [0, 0.05) is 6.26 Å². The molecule has 0 radical (unpaired) electrons. The summed E-state index contributed by atoms with van der Waals surface area (Å²) in [5, 5.41) is 10.7. The number of hydrogen-bond donors (Lipinski definition) is 2. The lowest BCUT2D eigenvalue weighted by Crippen LogP contribution is -2.47. The second kappa shape index (κ2) is 5.35. The lowest BCUT2D eigenvalue weighted by Gasteiger charge is -2.21. The maximum absolute atomic E-state index is 11.3. The molecule has 0 unspecified atom stereocenters. The molecule has 17 heavy (non-hydrogen) atoms. The molecule has 0 heterocycles. The Morgan fingerprint density at radius 2 is 1.82 bits per heavy atom. The Morgan fingerprint density at radius 1 is 1.35 bits per heavy atom. The van der Waals surface area contributed by atoms with Crippen LogP contribution >= 0.6 is 0 Å². The molecule has 0 rings (SSSR count). The monoisotopic (exact) mass is 267 g/mol. The molecule has 1 atom stereocenters. The largest absolute Gasteiger partial charge is 0.480 e. The van der Waals surface area contributed by atoms with Crippen LogP contribution in [0.15, 0.2) is 0 Å². The lowest BCUT2D eigenvalue weighted by atomic mass is 10.2. The van der Waals surface area contributed by atoms with Gasteiger partial charge >= 0.3 is 12.1 Å². The Kier molecular flexibility index (Phi) is 4.94. The molecule has 0 saturated carbocycles. The summed E-state index contributed by atoms with van der Waals surface area (Å²) in [6, 6.07) is -1.51. The normalized spacial score (nSPS) is 13.9. The zero-order valence-electron chi connectivity index (χ0n) is 10.2. The molecule has 0 spiro atoms. The van der Waals surface area contributed by atoms with Crippen molar-refractivity contribution in [3.05, 3.63) is 0 Å². The Labute approximate surface area is 100 Å². The first kappa shape index (κ1) is 15.7. The smallest absolute Gasteiger partial charge is 0.408 e. The van der Waals surface area contributed by atoms with Crippen LogP contribution in [-0.4, -0.2) is 49.2 Å². The molecule has 0 aliphatic rings. The molecule has 8 heteroatoms. The van der Waals surface area contributed by atoms with Gasteiger partial charge in [0.25, 0.3) is 0 Å². The number of aliphatic carboxylic acids is 1. The topological polar surface area (TPSA) is 110 Å². The average Bonchev–Trinajstić information content (AvgIpc) is 1.95. The van der Waals surface area contributed by atoms with Crippen molar-refractivity contribution < 1.29 is 27.9 Å². The standard InChI is InChI=1S/C9H17NO6S/c1-9(2,3)16-8(13)10-6(7(11)12)5-17(4,14)15/h6H,5H2,1-4H3,(H,10,13)(H,11,12)/t6-/m0/s1. The van der Waals surface area contributed by atoms with Crippen molar-refractivity contribution in [3.63, 3.8) is 0 Å². The number of hydrogen-bond acceptors (Lipinski definition) is 5. The van der Waals surface area contributed by atoms with Crippen molar-refractivity contribution in [3.8, 4) is 0 Å². The van der Waals surface area contributed by atoms with Crippen LogP contribution < -0.4 is 5.32 Å². The predicted octanol–water partition coefficient (Wildman–Crippen LogP) is 0.00890. The third-order valence-electron chi connectivity index (χ3n) is 1.46. The van der Waals surface area contributed by atoms with Gasteiger partial charge in [0.2, 0.25) is 0 Å². The van der Waals surface area contributed by atoms with Crippen LogP contribution in [0.3, 0.4) is 0 Å². The molecular formula is C9H17NO6S. The van der Waals surface area contributed by atoms with Gasteiger partial charge in [0.1, 0.15) is 21.5 Å². The second-order valence-corrected chi connectivity index (χ2v) is 6.81. The Morgan fingerprint density at radius 3 is 2.12 bits per heavy atom. The minimum absolute atomic E-state index is 0.679. The van der Waals surface area contributed by atoms with Gasteiger partial charge < -0.3 is 15.2 Å². The van der Waals surface area contributed by atoms with E-state index in [-0.39, 0.29) is 0 Å². The number of carboxylic acid groups (broad SMARTS) is 1. The molecule has 0 aromatic heterocycles. The van der Waals surface area contributed by atoms with Crippen molar-refractivity contribution >= 4 is 21.9 Å². The third-order valence-corrected chi connectivity index (χ3v) is 2.40. The molecule has 0 aliphatic carbocycles. The summed E-state index contributed by atoms with van der Waals surface area (Å²) in [5.41, 5.74) is -0.780. The molecule has 0 aromatic rings. The van der Waals surface area contributed by atoms with Crippen molar-refractivity contribution in [2.75, 3.05) is 12.0 Å². The minimum Gasteiger partial charge on any atom is -0.480 e. The first-order valence-corrected chi connectivity index (χ1v) is 6.87. The summed E-state index contributed by atoms with van der Waals surface area (Å²) < 4.78 is 26.7. The highest BCUT2D eigenvalue weighted by Gasteiger charge is 2.26. The van der Waals surface area contributed by atoms with Crippen LogP contribution in [0.25, 0.3) is 0 Å². The number of ether oxygens (including phenoxy) is 1. The van der Waals surface area contributed by atoms with Gasteiger partial charge in [-0.05, 0) is 20.8 Å². The molecule has 0 fully saturated rings. The second-order valence-electron chi connectivity index (χ2n) is 4.63. The van der Waals surface area contributed by atoms with Crippen molar-refractivity contribution in [2.45, 2.75) is 32.4 Å². The summed E-state index contributed by atoms with van der Waals surface area (Å²) in [6.07, 6.45) is -0.0757. The zero-order valence-corrected chi connectivity index (χ0v) is 11.0. The molecular weight excluding hydrogens is 250 g/mol. The molecule has 2 N–H and O–H groups in total. The Balaban J connectivity index is 4.58. The highest BCUT2D eigenvalue weighted by molar-refractivity contribution is 7.90. The highest BCUT2D eigenvalue weighted by atomic mass is 32.2. The Bertz CT molecular complexity index is 394. The van der Waals surface area contributed by atoms with E-state index in [9.17, 15) is 18.0 Å². The number of sulfone groups is 1. The summed E-state index contributed by atoms with van der Waals surface area (Å²) in [7, 11) is -3.51. The van der Waals surface area contributed by atoms with Crippen LogP contribution in [0.2, 0.25) is 0 Å². The van der Waals surface area contributed by atoms with Gasteiger partial charge in [-0.25, -0.2) is 18.0 Å². The average molecular weight is 267 g/mol. The number of rotatable bonds is 4. The van der Waals surface area contributed by atoms with Gasteiger partial charge in [-0.3, -0.25) is 0 Å². The van der Waals surface area contributed by atoms with Crippen LogP contribution in [0, 0.1) is 0 Å². The fraction of sp³-hybridized carbons (Fsp3) is 0.778. The van der Waals surface area contributed by atoms with E-state index in [0.29, 0.717) is 0 Å². The molecule has 100 valence electrons. The van der Waals surface area contributed by atoms with E-state index >= 15 is 0 Å². The quantitative estimate of drug-likeness (QED) is 0.742. The first-order valence-electron chi connectivity index (χ1n) is 4.81. The summed E-state index contributed by atoms with van der Waals surface area (Å²) in [4.78, 5) is 22.0. The number of alkyl carbamates (subject to hydrolysis) is 1. The van der Waals surface area contributed by atoms with E-state index in [0.717, 1.165) is 6.26 Å². The van der Waals surface area contributed by atoms with Crippen LogP contribution in [-0.2, 0) is 19.4 Å². The summed E-state index contributed by atoms with van der Waals surface area (Å²) >= 11 is 0. The van der Waals surface area contributed by atoms with Gasteiger partial charge in [-0.15, -0.1) is 0 Å². The van der Waals surface area contributed by atoms with Crippen molar-refractivity contribution in [1.29, 1.82) is 0 Å². The van der Waals surface area contributed by atoms with Gasteiger partial charge in [-0.2, -0.15) is 0 Å². The van der Waals surface area contributed by atoms with E-state index in [2.05, 4.69) is 0 Å². The van der Waals surface area contributed by atoms with Gasteiger partial charge in [0.05, 0.1) is 5.75 Å². The van der Waals surface area contributed by atoms with E-state index in [1.54, 1.807) is 20.8 Å². The van der Waals surface area contributed by atoms with E-state index in [1.165, 1.54) is 0 Å². The van der Waals surface area contributed by atoms with E-state index < -0.39 is 39.3 Å². The molecule has 0 saturated heterocycles. The lowest BCUT2D eigenvalue weighted by molar-refractivity contribution is -0.138. The van der Waals surface area contributed by atoms with Crippen LogP contribution in [0.4, 0.5) is 4.79 Å². The highest BCUT2D eigenvalue weighted by Crippen LogP contribution is 2.07. The summed E-state index contributed by atoms with van der Waals surface area (Å²) in [6.45, 7) is 4.83. The maximum Gasteiger partial charge on any atom is 0.408 e. The minimum atomic E-state index is -3.51. The van der Waals surface area contributed by atoms with E-state index in [4.69, 9.17) is 9.84 Å². The fourth-order valence-electron chi connectivity index (χ4n) is 0.927. The van der Waals surface area contributed by atoms with E-state index in [1.807, 2.05) is 5.32 Å². The van der Waals surface area contributed by atoms with Crippen LogP contribution in [0.5, 0.6) is 0 Å². The number of nitrogens with one attached hydrogen (secondary N) is 1.